The Balaban J connectivity index is 1.49. The minimum atomic E-state index is -3.35. The molecule has 0 aliphatic rings. The van der Waals surface area contributed by atoms with Gasteiger partial charge in [-0.25, -0.2) is 8.42 Å². The first kappa shape index (κ1) is 22.4. The van der Waals surface area contributed by atoms with Crippen molar-refractivity contribution in [1.82, 2.24) is 10.5 Å². The first-order valence-electron chi connectivity index (χ1n) is 9.66. The number of carbonyl (C=O) groups excluding carboxylic acids is 1. The predicted molar refractivity (Wildman–Crippen MR) is 117 cm³/mol. The van der Waals surface area contributed by atoms with Crippen LogP contribution in [-0.4, -0.2) is 25.7 Å². The molecule has 3 rings (SSSR count). The Labute approximate surface area is 181 Å². The van der Waals surface area contributed by atoms with Crippen molar-refractivity contribution in [2.45, 2.75) is 33.4 Å². The van der Waals surface area contributed by atoms with Crippen molar-refractivity contribution in [2.75, 3.05) is 11.0 Å². The van der Waals surface area contributed by atoms with Gasteiger partial charge in [0, 0.05) is 12.2 Å². The maximum atomic E-state index is 12.3. The molecule has 0 saturated carbocycles. The van der Waals surface area contributed by atoms with Gasteiger partial charge in [0.25, 0.3) is 0 Å². The van der Waals surface area contributed by atoms with E-state index >= 15 is 0 Å². The summed E-state index contributed by atoms with van der Waals surface area (Å²) in [6.07, 6.45) is 1.32. The maximum absolute atomic E-state index is 12.3. The molecule has 164 valence electrons. The molecule has 31 heavy (non-hydrogen) atoms. The molecule has 2 aromatic carbocycles. The molecule has 3 aromatic rings. The molecule has 0 aliphatic carbocycles. The molecule has 8 nitrogen and oxygen atoms in total. The number of carbonyl (C=O) groups is 1. The number of rotatable bonds is 9. The molecule has 1 aromatic heterocycles. The van der Waals surface area contributed by atoms with Gasteiger partial charge in [0.2, 0.25) is 15.9 Å². The van der Waals surface area contributed by atoms with Crippen molar-refractivity contribution in [3.63, 3.8) is 0 Å². The van der Waals surface area contributed by atoms with E-state index < -0.39 is 10.0 Å². The molecular formula is C22H25N3O5S. The minimum Gasteiger partial charge on any atom is -0.489 e. The number of nitrogens with one attached hydrogen (secondary N) is 2. The van der Waals surface area contributed by atoms with E-state index in [9.17, 15) is 13.2 Å². The maximum Gasteiger partial charge on any atom is 0.229 e. The third kappa shape index (κ3) is 6.85. The fraction of sp³-hybridized carbons (Fsp3) is 0.273. The number of benzene rings is 2. The average molecular weight is 444 g/mol. The SMILES string of the molecule is Cc1noc(C)c1COc1ccc(CC(=O)NCc2cccc(NS(C)(=O)=O)c2)cc1. The van der Waals surface area contributed by atoms with E-state index in [1.807, 2.05) is 44.2 Å². The molecule has 2 N–H and O–H groups in total. The van der Waals surface area contributed by atoms with Crippen LogP contribution >= 0.6 is 0 Å². The standard InChI is InChI=1S/C22H25N3O5S/c1-15-21(16(2)30-24-15)14-29-20-9-7-17(8-10-20)12-22(26)23-13-18-5-4-6-19(11-18)25-31(3,27)28/h4-11,25H,12-14H2,1-3H3,(H,23,26). The lowest BCUT2D eigenvalue weighted by Crippen LogP contribution is -2.24. The molecule has 1 heterocycles. The fourth-order valence-corrected chi connectivity index (χ4v) is 3.53. The molecule has 0 unspecified atom stereocenters. The van der Waals surface area contributed by atoms with Crippen LogP contribution in [0.4, 0.5) is 5.69 Å². The number of ether oxygens (including phenoxy) is 1. The largest absolute Gasteiger partial charge is 0.489 e. The second kappa shape index (κ2) is 9.65. The molecule has 9 heteroatoms. The molecule has 0 saturated heterocycles. The van der Waals surface area contributed by atoms with Crippen LogP contribution < -0.4 is 14.8 Å². The highest BCUT2D eigenvalue weighted by Crippen LogP contribution is 2.18. The van der Waals surface area contributed by atoms with Gasteiger partial charge < -0.3 is 14.6 Å². The molecule has 0 radical (unpaired) electrons. The summed E-state index contributed by atoms with van der Waals surface area (Å²) in [5.41, 5.74) is 3.85. The van der Waals surface area contributed by atoms with E-state index in [2.05, 4.69) is 15.2 Å². The number of sulfonamides is 1. The number of anilines is 1. The van der Waals surface area contributed by atoms with Crippen molar-refractivity contribution >= 4 is 21.6 Å². The topological polar surface area (TPSA) is 111 Å². The number of nitrogens with zero attached hydrogens (tertiary/aromatic N) is 1. The van der Waals surface area contributed by atoms with Gasteiger partial charge in [0.05, 0.1) is 23.9 Å². The van der Waals surface area contributed by atoms with Crippen LogP contribution in [0.25, 0.3) is 0 Å². The molecule has 0 aliphatic heterocycles. The van der Waals surface area contributed by atoms with Crippen molar-refractivity contribution in [3.8, 4) is 5.75 Å². The minimum absolute atomic E-state index is 0.133. The third-order valence-corrected chi connectivity index (χ3v) is 5.18. The van der Waals surface area contributed by atoms with E-state index in [0.717, 1.165) is 34.4 Å². The van der Waals surface area contributed by atoms with Crippen LogP contribution in [0.1, 0.15) is 28.1 Å². The second-order valence-corrected chi connectivity index (χ2v) is 9.01. The van der Waals surface area contributed by atoms with E-state index in [-0.39, 0.29) is 12.3 Å². The molecule has 0 bridgehead atoms. The quantitative estimate of drug-likeness (QED) is 0.526. The lowest BCUT2D eigenvalue weighted by Gasteiger charge is -2.09. The zero-order chi connectivity index (χ0) is 22.4. The normalized spacial score (nSPS) is 11.2. The summed E-state index contributed by atoms with van der Waals surface area (Å²) < 4.78 is 36.0. The Morgan fingerprint density at radius 2 is 1.84 bits per heavy atom. The Morgan fingerprint density at radius 1 is 1.10 bits per heavy atom. The van der Waals surface area contributed by atoms with Crippen LogP contribution in [-0.2, 0) is 34.4 Å². The van der Waals surface area contributed by atoms with Crippen LogP contribution in [0.3, 0.4) is 0 Å². The van der Waals surface area contributed by atoms with E-state index in [1.165, 1.54) is 0 Å². The number of hydrogen-bond donors (Lipinski definition) is 2. The van der Waals surface area contributed by atoms with E-state index in [1.54, 1.807) is 18.2 Å². The Hall–Kier alpha value is -3.33. The van der Waals surface area contributed by atoms with Gasteiger partial charge in [-0.05, 0) is 49.2 Å². The van der Waals surface area contributed by atoms with E-state index in [4.69, 9.17) is 9.26 Å². The van der Waals surface area contributed by atoms with Crippen LogP contribution in [0, 0.1) is 13.8 Å². The summed E-state index contributed by atoms with van der Waals surface area (Å²) in [5, 5.41) is 6.75. The average Bonchev–Trinajstić information content (AvgIpc) is 3.02. The zero-order valence-electron chi connectivity index (χ0n) is 17.6. The molecule has 0 spiro atoms. The number of aryl methyl sites for hydroxylation is 2. The second-order valence-electron chi connectivity index (χ2n) is 7.26. The first-order valence-corrected chi connectivity index (χ1v) is 11.6. The van der Waals surface area contributed by atoms with Gasteiger partial charge >= 0.3 is 0 Å². The van der Waals surface area contributed by atoms with Crippen LogP contribution in [0.15, 0.2) is 53.1 Å². The summed E-state index contributed by atoms with van der Waals surface area (Å²) in [4.78, 5) is 12.3. The van der Waals surface area contributed by atoms with Crippen LogP contribution in [0.2, 0.25) is 0 Å². The van der Waals surface area contributed by atoms with Crippen molar-refractivity contribution in [3.05, 3.63) is 76.7 Å². The van der Waals surface area contributed by atoms with Crippen molar-refractivity contribution in [2.24, 2.45) is 0 Å². The van der Waals surface area contributed by atoms with Gasteiger partial charge in [0.1, 0.15) is 18.1 Å². The summed E-state index contributed by atoms with van der Waals surface area (Å²) in [6.45, 7) is 4.39. The highest BCUT2D eigenvalue weighted by atomic mass is 32.2. The van der Waals surface area contributed by atoms with Gasteiger partial charge in [-0.1, -0.05) is 29.4 Å². The smallest absolute Gasteiger partial charge is 0.229 e. The van der Waals surface area contributed by atoms with Crippen LogP contribution in [0.5, 0.6) is 5.75 Å². The summed E-state index contributed by atoms with van der Waals surface area (Å²) in [5.74, 6) is 1.30. The summed E-state index contributed by atoms with van der Waals surface area (Å²) in [6, 6.07) is 14.2. The number of hydrogen-bond acceptors (Lipinski definition) is 6. The third-order valence-electron chi connectivity index (χ3n) is 4.57. The molecular weight excluding hydrogens is 418 g/mol. The monoisotopic (exact) mass is 443 g/mol. The Kier molecular flexibility index (Phi) is 6.96. The number of amides is 1. The molecule has 1 amide bonds. The zero-order valence-corrected chi connectivity index (χ0v) is 18.5. The lowest BCUT2D eigenvalue weighted by molar-refractivity contribution is -0.120. The molecule has 0 atom stereocenters. The van der Waals surface area contributed by atoms with Gasteiger partial charge in [-0.15, -0.1) is 0 Å². The molecule has 0 fully saturated rings. The van der Waals surface area contributed by atoms with Gasteiger partial charge in [-0.2, -0.15) is 0 Å². The Bertz CT molecular complexity index is 1130. The van der Waals surface area contributed by atoms with Gasteiger partial charge in [-0.3, -0.25) is 9.52 Å². The summed E-state index contributed by atoms with van der Waals surface area (Å²) in [7, 11) is -3.35. The van der Waals surface area contributed by atoms with E-state index in [0.29, 0.717) is 24.6 Å². The van der Waals surface area contributed by atoms with Gasteiger partial charge in [0.15, 0.2) is 0 Å². The number of aromatic nitrogens is 1. The summed E-state index contributed by atoms with van der Waals surface area (Å²) >= 11 is 0. The highest BCUT2D eigenvalue weighted by Gasteiger charge is 2.10. The lowest BCUT2D eigenvalue weighted by atomic mass is 10.1. The fourth-order valence-electron chi connectivity index (χ4n) is 2.97. The first-order chi connectivity index (χ1) is 14.7. The Morgan fingerprint density at radius 3 is 2.48 bits per heavy atom. The van der Waals surface area contributed by atoms with Crippen molar-refractivity contribution < 1.29 is 22.5 Å². The predicted octanol–water partition coefficient (Wildman–Crippen LogP) is 3.10. The van der Waals surface area contributed by atoms with Crippen molar-refractivity contribution in [1.29, 1.82) is 0 Å². The highest BCUT2D eigenvalue weighted by molar-refractivity contribution is 7.92.